The van der Waals surface area contributed by atoms with Gasteiger partial charge in [-0.1, -0.05) is 11.6 Å². The molecule has 2 aromatic rings. The van der Waals surface area contributed by atoms with Gasteiger partial charge in [-0.3, -0.25) is 19.5 Å². The van der Waals surface area contributed by atoms with E-state index in [1.807, 2.05) is 6.92 Å². The Bertz CT molecular complexity index is 971. The monoisotopic (exact) mass is 418 g/mol. The number of ether oxygens (including phenoxy) is 1. The second-order valence-electron chi connectivity index (χ2n) is 7.23. The van der Waals surface area contributed by atoms with Crippen LogP contribution < -0.4 is 15.0 Å². The summed E-state index contributed by atoms with van der Waals surface area (Å²) in [4.78, 5) is 32.1. The van der Waals surface area contributed by atoms with Crippen LogP contribution >= 0.6 is 11.6 Å². The molecule has 9 heteroatoms. The molecule has 1 atom stereocenters. The molecule has 0 aliphatic carbocycles. The lowest BCUT2D eigenvalue weighted by Crippen LogP contribution is -2.53. The van der Waals surface area contributed by atoms with Crippen molar-refractivity contribution in [3.05, 3.63) is 47.0 Å². The van der Waals surface area contributed by atoms with Crippen molar-refractivity contribution in [1.29, 1.82) is 0 Å². The Morgan fingerprint density at radius 2 is 2.21 bits per heavy atom. The van der Waals surface area contributed by atoms with Gasteiger partial charge < -0.3 is 15.0 Å². The lowest BCUT2D eigenvalue weighted by Gasteiger charge is -2.40. The van der Waals surface area contributed by atoms with Crippen molar-refractivity contribution in [3.63, 3.8) is 0 Å². The molecule has 1 N–H and O–H groups in total. The number of rotatable bonds is 4. The lowest BCUT2D eigenvalue weighted by atomic mass is 10.1. The van der Waals surface area contributed by atoms with Crippen molar-refractivity contribution in [2.24, 2.45) is 0 Å². The summed E-state index contributed by atoms with van der Waals surface area (Å²) < 4.78 is 18.8. The van der Waals surface area contributed by atoms with Crippen LogP contribution in [0, 0.1) is 5.82 Å². The first-order chi connectivity index (χ1) is 13.9. The molecule has 0 saturated carbocycles. The predicted octanol–water partition coefficient (Wildman–Crippen LogP) is 2.48. The Morgan fingerprint density at radius 1 is 1.38 bits per heavy atom. The van der Waals surface area contributed by atoms with E-state index in [1.54, 1.807) is 18.2 Å². The molecule has 0 bridgehead atoms. The maximum atomic E-state index is 13.7. The van der Waals surface area contributed by atoms with Crippen molar-refractivity contribution in [2.45, 2.75) is 19.4 Å². The van der Waals surface area contributed by atoms with Crippen LogP contribution in [-0.4, -0.2) is 54.0 Å². The number of benzene rings is 1. The molecule has 1 saturated heterocycles. The molecule has 1 amide bonds. The Morgan fingerprint density at radius 3 is 2.97 bits per heavy atom. The number of nitrogens with one attached hydrogen (secondary N) is 1. The third-order valence-corrected chi connectivity index (χ3v) is 5.44. The Labute approximate surface area is 172 Å². The van der Waals surface area contributed by atoms with Gasteiger partial charge in [0.05, 0.1) is 35.6 Å². The van der Waals surface area contributed by atoms with Crippen molar-refractivity contribution in [2.75, 3.05) is 36.4 Å². The molecule has 152 valence electrons. The molecule has 0 radical (unpaired) electrons. The highest BCUT2D eigenvalue weighted by molar-refractivity contribution is 6.30. The first-order valence-corrected chi connectivity index (χ1v) is 9.70. The van der Waals surface area contributed by atoms with Gasteiger partial charge in [0, 0.05) is 37.4 Å². The van der Waals surface area contributed by atoms with Crippen molar-refractivity contribution < 1.29 is 18.7 Å². The number of hydrogen-bond donors (Lipinski definition) is 1. The van der Waals surface area contributed by atoms with E-state index in [0.29, 0.717) is 36.8 Å². The van der Waals surface area contributed by atoms with Crippen LogP contribution in [0.3, 0.4) is 0 Å². The van der Waals surface area contributed by atoms with Crippen LogP contribution in [0.1, 0.15) is 12.6 Å². The Kier molecular flexibility index (Phi) is 5.38. The van der Waals surface area contributed by atoms with E-state index in [-0.39, 0.29) is 35.9 Å². The van der Waals surface area contributed by atoms with E-state index < -0.39 is 5.82 Å². The minimum Gasteiger partial charge on any atom is -0.424 e. The summed E-state index contributed by atoms with van der Waals surface area (Å²) in [6.07, 6.45) is 1.68. The van der Waals surface area contributed by atoms with E-state index >= 15 is 0 Å². The number of carbonyl (C=O) groups excluding carboxylic acids is 2. The topological polar surface area (TPSA) is 74.8 Å². The number of fused-ring (bicyclic) bond motifs is 1. The minimum absolute atomic E-state index is 0.104. The summed E-state index contributed by atoms with van der Waals surface area (Å²) in [6, 6.07) is 6.51. The molecule has 2 aliphatic rings. The molecular formula is C20H20ClFN4O3. The summed E-state index contributed by atoms with van der Waals surface area (Å²) in [5, 5.41) is 2.90. The van der Waals surface area contributed by atoms with Crippen LogP contribution in [0.4, 0.5) is 15.8 Å². The highest BCUT2D eigenvalue weighted by Gasteiger charge is 2.26. The van der Waals surface area contributed by atoms with Gasteiger partial charge in [0.25, 0.3) is 0 Å². The number of anilines is 2. The largest absolute Gasteiger partial charge is 0.424 e. The van der Waals surface area contributed by atoms with Crippen molar-refractivity contribution in [1.82, 2.24) is 9.88 Å². The molecule has 2 aliphatic heterocycles. The smallest absolute Gasteiger partial charge is 0.317 e. The second kappa shape index (κ2) is 7.96. The number of halogens is 2. The zero-order valence-electron chi connectivity index (χ0n) is 15.8. The number of esters is 1. The van der Waals surface area contributed by atoms with Gasteiger partial charge in [0.15, 0.2) is 5.75 Å². The summed E-state index contributed by atoms with van der Waals surface area (Å²) in [7, 11) is 0. The summed E-state index contributed by atoms with van der Waals surface area (Å²) in [5.41, 5.74) is 1.85. The molecule has 4 rings (SSSR count). The Balaban J connectivity index is 1.33. The maximum absolute atomic E-state index is 13.7. The van der Waals surface area contributed by atoms with Gasteiger partial charge in [-0.2, -0.15) is 0 Å². The molecule has 1 fully saturated rings. The van der Waals surface area contributed by atoms with Crippen LogP contribution in [0.15, 0.2) is 30.5 Å². The molecule has 29 heavy (non-hydrogen) atoms. The van der Waals surface area contributed by atoms with Gasteiger partial charge in [0.2, 0.25) is 5.91 Å². The molecule has 0 unspecified atom stereocenters. The quantitative estimate of drug-likeness (QED) is 0.769. The number of piperazine rings is 1. The fourth-order valence-electron chi connectivity index (χ4n) is 3.59. The van der Waals surface area contributed by atoms with E-state index in [1.165, 1.54) is 12.3 Å². The van der Waals surface area contributed by atoms with Crippen molar-refractivity contribution >= 4 is 34.9 Å². The number of pyridine rings is 1. The average molecular weight is 419 g/mol. The highest BCUT2D eigenvalue weighted by atomic mass is 35.5. The summed E-state index contributed by atoms with van der Waals surface area (Å²) in [5.74, 6) is -0.561. The normalized spacial score (nSPS) is 19.1. The van der Waals surface area contributed by atoms with E-state index in [9.17, 15) is 14.0 Å². The van der Waals surface area contributed by atoms with Gasteiger partial charge in [-0.25, -0.2) is 4.39 Å². The van der Waals surface area contributed by atoms with E-state index in [4.69, 9.17) is 16.3 Å². The SMILES string of the molecule is C[C@@H]1CN(c2ccc(Cl)c(F)c2)CCN1CC(=O)Nc1cnc2c(c1)OC(=O)C2. The van der Waals surface area contributed by atoms with Crippen LogP contribution in [0.25, 0.3) is 0 Å². The van der Waals surface area contributed by atoms with E-state index in [0.717, 1.165) is 5.69 Å². The van der Waals surface area contributed by atoms with Gasteiger partial charge in [0.1, 0.15) is 5.82 Å². The minimum atomic E-state index is -0.438. The summed E-state index contributed by atoms with van der Waals surface area (Å²) >= 11 is 5.76. The Hall–Kier alpha value is -2.71. The maximum Gasteiger partial charge on any atom is 0.317 e. The third kappa shape index (κ3) is 4.33. The fraction of sp³-hybridized carbons (Fsp3) is 0.350. The third-order valence-electron chi connectivity index (χ3n) is 5.13. The number of nitrogens with zero attached hydrogens (tertiary/aromatic N) is 3. The number of amides is 1. The average Bonchev–Trinajstić information content (AvgIpc) is 3.05. The fourth-order valence-corrected chi connectivity index (χ4v) is 3.71. The van der Waals surface area contributed by atoms with Gasteiger partial charge in [-0.05, 0) is 25.1 Å². The number of aromatic nitrogens is 1. The highest BCUT2D eigenvalue weighted by Crippen LogP contribution is 2.27. The summed E-state index contributed by atoms with van der Waals surface area (Å²) in [6.45, 7) is 4.27. The number of hydrogen-bond acceptors (Lipinski definition) is 6. The molecule has 1 aromatic heterocycles. The predicted molar refractivity (Wildman–Crippen MR) is 107 cm³/mol. The molecule has 7 nitrogen and oxygen atoms in total. The van der Waals surface area contributed by atoms with Crippen LogP contribution in [-0.2, 0) is 16.0 Å². The second-order valence-corrected chi connectivity index (χ2v) is 7.64. The molecule has 1 aromatic carbocycles. The first kappa shape index (κ1) is 19.6. The van der Waals surface area contributed by atoms with Crippen LogP contribution in [0.2, 0.25) is 5.02 Å². The molecule has 3 heterocycles. The molecular weight excluding hydrogens is 399 g/mol. The van der Waals surface area contributed by atoms with E-state index in [2.05, 4.69) is 20.1 Å². The molecule has 0 spiro atoms. The zero-order chi connectivity index (χ0) is 20.5. The van der Waals surface area contributed by atoms with Gasteiger partial charge in [-0.15, -0.1) is 0 Å². The van der Waals surface area contributed by atoms with Gasteiger partial charge >= 0.3 is 5.97 Å². The van der Waals surface area contributed by atoms with Crippen LogP contribution in [0.5, 0.6) is 5.75 Å². The first-order valence-electron chi connectivity index (χ1n) is 9.32. The lowest BCUT2D eigenvalue weighted by molar-refractivity contribution is -0.131. The zero-order valence-corrected chi connectivity index (χ0v) is 16.6. The van der Waals surface area contributed by atoms with Crippen molar-refractivity contribution in [3.8, 4) is 5.75 Å². The standard InChI is InChI=1S/C20H20ClFN4O3/c1-12-10-26(14-2-3-15(21)16(22)7-14)5-4-25(12)11-19(27)24-13-6-18-17(23-9-13)8-20(28)29-18/h2-3,6-7,9,12H,4-5,8,10-11H2,1H3,(H,24,27)/t12-/m1/s1. The number of carbonyl (C=O) groups is 2.